The highest BCUT2D eigenvalue weighted by molar-refractivity contribution is 9.11. The Morgan fingerprint density at radius 1 is 1.05 bits per heavy atom. The van der Waals surface area contributed by atoms with Crippen LogP contribution in [-0.2, 0) is 6.54 Å². The van der Waals surface area contributed by atoms with Crippen LogP contribution >= 0.6 is 43.5 Å². The number of rotatable bonds is 5. The molecule has 0 fully saturated rings. The Morgan fingerprint density at radius 2 is 1.81 bits per heavy atom. The van der Waals surface area contributed by atoms with Gasteiger partial charge < -0.3 is 14.8 Å². The summed E-state index contributed by atoms with van der Waals surface area (Å²) < 4.78 is 12.5. The van der Waals surface area contributed by atoms with E-state index in [1.165, 1.54) is 0 Å². The van der Waals surface area contributed by atoms with Crippen LogP contribution in [0.4, 0.5) is 5.69 Å². The second-order valence-electron chi connectivity index (χ2n) is 4.29. The monoisotopic (exact) mass is 433 g/mol. The molecule has 0 atom stereocenters. The third-order valence-electron chi connectivity index (χ3n) is 2.90. The molecule has 0 saturated heterocycles. The van der Waals surface area contributed by atoms with Crippen molar-refractivity contribution >= 4 is 49.1 Å². The zero-order valence-corrected chi connectivity index (χ0v) is 15.5. The molecule has 21 heavy (non-hydrogen) atoms. The fourth-order valence-electron chi connectivity index (χ4n) is 1.90. The van der Waals surface area contributed by atoms with Gasteiger partial charge in [0.1, 0.15) is 0 Å². The third kappa shape index (κ3) is 4.05. The molecule has 0 aromatic heterocycles. The van der Waals surface area contributed by atoms with E-state index in [9.17, 15) is 0 Å². The lowest BCUT2D eigenvalue weighted by Crippen LogP contribution is -2.01. The van der Waals surface area contributed by atoms with Gasteiger partial charge in [0.15, 0.2) is 11.5 Å². The number of methoxy groups -OCH3 is 2. The van der Waals surface area contributed by atoms with Gasteiger partial charge >= 0.3 is 0 Å². The summed E-state index contributed by atoms with van der Waals surface area (Å²) in [6.07, 6.45) is 0. The molecule has 2 rings (SSSR count). The lowest BCUT2D eigenvalue weighted by Gasteiger charge is -2.13. The first-order valence-electron chi connectivity index (χ1n) is 6.14. The second kappa shape index (κ2) is 7.38. The number of halogens is 3. The zero-order valence-electron chi connectivity index (χ0n) is 11.5. The van der Waals surface area contributed by atoms with Gasteiger partial charge in [-0.3, -0.25) is 0 Å². The summed E-state index contributed by atoms with van der Waals surface area (Å²) >= 11 is 13.0. The van der Waals surface area contributed by atoms with Gasteiger partial charge in [-0.2, -0.15) is 0 Å². The minimum Gasteiger partial charge on any atom is -0.493 e. The van der Waals surface area contributed by atoms with Crippen molar-refractivity contribution in [2.45, 2.75) is 6.54 Å². The summed E-state index contributed by atoms with van der Waals surface area (Å²) in [5.41, 5.74) is 2.00. The smallest absolute Gasteiger partial charge is 0.174 e. The maximum atomic E-state index is 6.01. The van der Waals surface area contributed by atoms with E-state index in [1.54, 1.807) is 14.2 Å². The number of ether oxygens (including phenoxy) is 2. The van der Waals surface area contributed by atoms with E-state index in [-0.39, 0.29) is 0 Å². The summed E-state index contributed by atoms with van der Waals surface area (Å²) in [5, 5.41) is 4.03. The van der Waals surface area contributed by atoms with Gasteiger partial charge in [-0.15, -0.1) is 0 Å². The first-order valence-corrected chi connectivity index (χ1v) is 8.11. The van der Waals surface area contributed by atoms with Crippen molar-refractivity contribution in [3.8, 4) is 11.5 Å². The quantitative estimate of drug-likeness (QED) is 0.673. The number of hydrogen-bond acceptors (Lipinski definition) is 3. The van der Waals surface area contributed by atoms with E-state index in [0.29, 0.717) is 23.1 Å². The Balaban J connectivity index is 2.20. The van der Waals surface area contributed by atoms with E-state index >= 15 is 0 Å². The second-order valence-corrected chi connectivity index (χ2v) is 6.44. The third-order valence-corrected chi connectivity index (χ3v) is 4.42. The molecule has 6 heteroatoms. The maximum absolute atomic E-state index is 6.01. The molecule has 3 nitrogen and oxygen atoms in total. The van der Waals surface area contributed by atoms with Crippen molar-refractivity contribution in [3.63, 3.8) is 0 Å². The SMILES string of the molecule is COc1cc(CNc2cc(Cl)ccc2Br)cc(Br)c1OC. The van der Waals surface area contributed by atoms with E-state index in [2.05, 4.69) is 37.2 Å². The van der Waals surface area contributed by atoms with E-state index in [1.807, 2.05) is 30.3 Å². The summed E-state index contributed by atoms with van der Waals surface area (Å²) in [4.78, 5) is 0. The van der Waals surface area contributed by atoms with Gasteiger partial charge in [0.2, 0.25) is 0 Å². The normalized spacial score (nSPS) is 10.3. The average molecular weight is 436 g/mol. The fourth-order valence-corrected chi connectivity index (χ4v) is 3.11. The number of benzene rings is 2. The minimum absolute atomic E-state index is 0.637. The molecule has 0 amide bonds. The molecule has 0 aliphatic rings. The Hall–Kier alpha value is -0.910. The largest absolute Gasteiger partial charge is 0.493 e. The molecule has 0 unspecified atom stereocenters. The predicted octanol–water partition coefficient (Wildman–Crippen LogP) is 5.49. The molecule has 0 aliphatic carbocycles. The average Bonchev–Trinajstić information content (AvgIpc) is 2.47. The van der Waals surface area contributed by atoms with Crippen LogP contribution in [0.15, 0.2) is 39.3 Å². The summed E-state index contributed by atoms with van der Waals surface area (Å²) in [5.74, 6) is 1.37. The van der Waals surface area contributed by atoms with Crippen molar-refractivity contribution in [2.24, 2.45) is 0 Å². The highest BCUT2D eigenvalue weighted by Gasteiger charge is 2.10. The number of anilines is 1. The standard InChI is InChI=1S/C15H14Br2ClNO2/c1-20-14-6-9(5-12(17)15(14)21-2)8-19-13-7-10(18)3-4-11(13)16/h3-7,19H,8H2,1-2H3. The molecular weight excluding hydrogens is 421 g/mol. The lowest BCUT2D eigenvalue weighted by atomic mass is 10.2. The van der Waals surface area contributed by atoms with Crippen molar-refractivity contribution < 1.29 is 9.47 Å². The van der Waals surface area contributed by atoms with Gasteiger partial charge in [0, 0.05) is 16.0 Å². The van der Waals surface area contributed by atoms with Gasteiger partial charge in [-0.1, -0.05) is 11.6 Å². The number of nitrogens with one attached hydrogen (secondary N) is 1. The van der Waals surface area contributed by atoms with Gasteiger partial charge in [0.05, 0.1) is 24.4 Å². The van der Waals surface area contributed by atoms with Crippen LogP contribution in [0.2, 0.25) is 5.02 Å². The molecular formula is C15H14Br2ClNO2. The molecule has 112 valence electrons. The van der Waals surface area contributed by atoms with E-state index in [0.717, 1.165) is 20.2 Å². The van der Waals surface area contributed by atoms with Crippen molar-refractivity contribution in [2.75, 3.05) is 19.5 Å². The van der Waals surface area contributed by atoms with Crippen LogP contribution < -0.4 is 14.8 Å². The molecule has 2 aromatic carbocycles. The fraction of sp³-hybridized carbons (Fsp3) is 0.200. The minimum atomic E-state index is 0.637. The maximum Gasteiger partial charge on any atom is 0.174 e. The Morgan fingerprint density at radius 3 is 2.48 bits per heavy atom. The molecule has 0 aliphatic heterocycles. The van der Waals surface area contributed by atoms with Crippen LogP contribution in [0.25, 0.3) is 0 Å². The molecule has 2 aromatic rings. The first-order chi connectivity index (χ1) is 10.0. The topological polar surface area (TPSA) is 30.5 Å². The Kier molecular flexibility index (Phi) is 5.79. The summed E-state index contributed by atoms with van der Waals surface area (Å²) in [6, 6.07) is 9.56. The van der Waals surface area contributed by atoms with Crippen molar-refractivity contribution in [3.05, 3.63) is 49.9 Å². The highest BCUT2D eigenvalue weighted by atomic mass is 79.9. The summed E-state index contributed by atoms with van der Waals surface area (Å²) in [7, 11) is 3.23. The molecule has 0 bridgehead atoms. The Labute approximate surface area is 145 Å². The Bertz CT molecular complexity index is 650. The molecule has 1 N–H and O–H groups in total. The summed E-state index contributed by atoms with van der Waals surface area (Å²) in [6.45, 7) is 0.637. The van der Waals surface area contributed by atoms with Gasteiger partial charge in [-0.05, 0) is 67.8 Å². The van der Waals surface area contributed by atoms with Crippen LogP contribution in [0.5, 0.6) is 11.5 Å². The predicted molar refractivity (Wildman–Crippen MR) is 93.7 cm³/mol. The van der Waals surface area contributed by atoms with Crippen LogP contribution in [0, 0.1) is 0 Å². The first kappa shape index (κ1) is 16.5. The molecule has 0 saturated carbocycles. The van der Waals surface area contributed by atoms with Crippen molar-refractivity contribution in [1.82, 2.24) is 0 Å². The van der Waals surface area contributed by atoms with Crippen LogP contribution in [0.1, 0.15) is 5.56 Å². The lowest BCUT2D eigenvalue weighted by molar-refractivity contribution is 0.352. The van der Waals surface area contributed by atoms with Crippen molar-refractivity contribution in [1.29, 1.82) is 0 Å². The molecule has 0 radical (unpaired) electrons. The molecule has 0 spiro atoms. The van der Waals surface area contributed by atoms with Crippen LogP contribution in [0.3, 0.4) is 0 Å². The number of hydrogen-bond donors (Lipinski definition) is 1. The zero-order chi connectivity index (χ0) is 15.4. The van der Waals surface area contributed by atoms with E-state index in [4.69, 9.17) is 21.1 Å². The van der Waals surface area contributed by atoms with E-state index < -0.39 is 0 Å². The molecule has 0 heterocycles. The van der Waals surface area contributed by atoms with Crippen LogP contribution in [-0.4, -0.2) is 14.2 Å². The highest BCUT2D eigenvalue weighted by Crippen LogP contribution is 2.36. The van der Waals surface area contributed by atoms with Gasteiger partial charge in [0.25, 0.3) is 0 Å². The van der Waals surface area contributed by atoms with Gasteiger partial charge in [-0.25, -0.2) is 0 Å².